The number of carbonyl (C=O) groups is 2. The number of ether oxygens (including phenoxy) is 2. The fraction of sp³-hybridized carbons (Fsp3) is 0.531. The molecule has 74 heavy (non-hydrogen) atoms. The third kappa shape index (κ3) is 56.7. The van der Waals surface area contributed by atoms with Crippen LogP contribution in [0, 0.1) is 0 Å². The van der Waals surface area contributed by atoms with Gasteiger partial charge in [-0.15, -0.1) is 0 Å². The lowest BCUT2D eigenvalue weighted by molar-refractivity contribution is -0.870. The summed E-state index contributed by atoms with van der Waals surface area (Å²) in [4.78, 5) is 37.7. The lowest BCUT2D eigenvalue weighted by atomic mass is 10.1. The van der Waals surface area contributed by atoms with Gasteiger partial charge in [-0.05, 0) is 128 Å². The molecule has 0 aliphatic carbocycles. The second-order valence-corrected chi connectivity index (χ2v) is 20.2. The molecule has 0 saturated heterocycles. The quantitative estimate of drug-likeness (QED) is 0.0195. The van der Waals surface area contributed by atoms with E-state index in [1.54, 1.807) is 0 Å². The van der Waals surface area contributed by atoms with E-state index in [9.17, 15) is 19.0 Å². The molecule has 0 aromatic rings. The average Bonchev–Trinajstić information content (AvgIpc) is 3.36. The number of nitrogens with zero attached hydrogens (tertiary/aromatic N) is 1. The van der Waals surface area contributed by atoms with E-state index < -0.39 is 32.5 Å². The monoisotopic (exact) mass is 1040 g/mol. The van der Waals surface area contributed by atoms with Gasteiger partial charge in [-0.25, -0.2) is 0 Å². The van der Waals surface area contributed by atoms with E-state index in [-0.39, 0.29) is 26.1 Å². The summed E-state index contributed by atoms with van der Waals surface area (Å²) in [7, 11) is 1.09. The second kappa shape index (κ2) is 53.2. The van der Waals surface area contributed by atoms with Gasteiger partial charge in [0.2, 0.25) is 0 Å². The highest BCUT2D eigenvalue weighted by Crippen LogP contribution is 2.38. The van der Waals surface area contributed by atoms with Crippen molar-refractivity contribution >= 4 is 19.8 Å². The summed E-state index contributed by atoms with van der Waals surface area (Å²) in [5.41, 5.74) is 0. The Kier molecular flexibility index (Phi) is 49.9. The molecule has 0 saturated carbocycles. The Hall–Kier alpha value is -4.63. The van der Waals surface area contributed by atoms with Crippen molar-refractivity contribution in [1.29, 1.82) is 0 Å². The topological polar surface area (TPSA) is 111 Å². The molecule has 10 heteroatoms. The van der Waals surface area contributed by atoms with Gasteiger partial charge in [-0.2, -0.15) is 0 Å². The highest BCUT2D eigenvalue weighted by atomic mass is 31.2. The summed E-state index contributed by atoms with van der Waals surface area (Å²) in [5, 5.41) is 0. The zero-order valence-electron chi connectivity index (χ0n) is 46.7. The molecule has 0 bridgehead atoms. The van der Waals surface area contributed by atoms with Crippen LogP contribution in [0.1, 0.15) is 168 Å². The van der Waals surface area contributed by atoms with Crippen LogP contribution in [0.15, 0.2) is 170 Å². The summed E-state index contributed by atoms with van der Waals surface area (Å²) in [6.45, 7) is 3.88. The molecule has 0 aromatic heterocycles. The smallest absolute Gasteiger partial charge is 0.306 e. The fourth-order valence-corrected chi connectivity index (χ4v) is 7.22. The van der Waals surface area contributed by atoms with Crippen molar-refractivity contribution < 1.29 is 42.1 Å². The van der Waals surface area contributed by atoms with E-state index in [1.165, 1.54) is 0 Å². The molecule has 0 amide bonds. The number of quaternary nitrogens is 1. The number of rotatable bonds is 48. The minimum absolute atomic E-state index is 0.0535. The van der Waals surface area contributed by atoms with Crippen LogP contribution in [0.25, 0.3) is 0 Å². The van der Waals surface area contributed by atoms with Gasteiger partial charge in [-0.1, -0.05) is 197 Å². The number of hydrogen-bond acceptors (Lipinski definition) is 8. The molecule has 0 aliphatic heterocycles. The number of likely N-dealkylation sites (N-methyl/N-ethyl adjacent to an activating group) is 1. The molecule has 0 radical (unpaired) electrons. The summed E-state index contributed by atoms with van der Waals surface area (Å²) in [5.74, 6) is -0.930. The van der Waals surface area contributed by atoms with Crippen molar-refractivity contribution in [3.63, 3.8) is 0 Å². The zero-order valence-corrected chi connectivity index (χ0v) is 47.6. The number of unbranched alkanes of at least 4 members (excludes halogenated alkanes) is 6. The maximum absolute atomic E-state index is 12.8. The van der Waals surface area contributed by atoms with E-state index in [2.05, 4.69) is 184 Å². The van der Waals surface area contributed by atoms with Crippen LogP contribution in [-0.2, 0) is 32.7 Å². The standard InChI is InChI=1S/C64H100NO8P/c1-6-8-10-12-14-16-18-20-22-23-24-25-26-27-28-29-30-31-32-33-34-35-36-37-38-39-40-41-43-45-47-49-51-53-55-57-64(67)73-62(61-72-74(68,69)71-59-58-65(3,4)5)60-70-63(66)56-54-52-50-48-46-44-42-21-19-17-15-13-11-9-7-2/h8-11,14-17,20-22,24-25,27-28,30-31,33-34,36-37,39-40,42-43,45-46,48,62H,6-7,12-13,18-19,23,26,29,32,35,38,41,44,47,49-61H2,1-5H3/b10-8-,11-9-,16-14-,17-15-,22-20-,25-24-,28-27-,31-30-,34-33-,37-36-,40-39-,42-21-,45-43-,48-46-. The van der Waals surface area contributed by atoms with Crippen molar-refractivity contribution in [2.75, 3.05) is 47.5 Å². The minimum Gasteiger partial charge on any atom is -0.756 e. The van der Waals surface area contributed by atoms with E-state index in [0.717, 1.165) is 128 Å². The number of allylic oxidation sites excluding steroid dienone is 28. The van der Waals surface area contributed by atoms with E-state index in [1.807, 2.05) is 21.1 Å². The van der Waals surface area contributed by atoms with Crippen molar-refractivity contribution in [1.82, 2.24) is 0 Å². The van der Waals surface area contributed by atoms with Gasteiger partial charge in [0.1, 0.15) is 19.8 Å². The van der Waals surface area contributed by atoms with Gasteiger partial charge in [-0.3, -0.25) is 14.2 Å². The molecular weight excluding hydrogens is 942 g/mol. The first-order chi connectivity index (χ1) is 36.0. The SMILES string of the molecule is CC/C=C\C/C=C\C/C=C\C/C=C\C/C=C\C/C=C\C/C=C\C/C=C\C/C=C\C/C=C\CCCCCCC(=O)OC(COC(=O)CCCC/C=C\C/C=C\C/C=C\C/C=C\CC)COP(=O)([O-])OCC[N+](C)(C)C. The molecule has 0 spiro atoms. The van der Waals surface area contributed by atoms with Gasteiger partial charge >= 0.3 is 11.9 Å². The predicted molar refractivity (Wildman–Crippen MR) is 313 cm³/mol. The Morgan fingerprint density at radius 3 is 1.09 bits per heavy atom. The lowest BCUT2D eigenvalue weighted by Gasteiger charge is -2.28. The van der Waals surface area contributed by atoms with Gasteiger partial charge in [0, 0.05) is 12.8 Å². The number of esters is 2. The normalized spacial score (nSPS) is 14.6. The van der Waals surface area contributed by atoms with E-state index in [0.29, 0.717) is 23.9 Å². The van der Waals surface area contributed by atoms with Crippen molar-refractivity contribution in [2.45, 2.75) is 174 Å². The number of hydrogen-bond donors (Lipinski definition) is 0. The summed E-state index contributed by atoms with van der Waals surface area (Å²) >= 11 is 0. The number of carbonyl (C=O) groups excluding carboxylic acids is 2. The lowest BCUT2D eigenvalue weighted by Crippen LogP contribution is -2.37. The minimum atomic E-state index is -4.66. The molecule has 0 aromatic carbocycles. The molecule has 414 valence electrons. The Morgan fingerprint density at radius 1 is 0.419 bits per heavy atom. The van der Waals surface area contributed by atoms with E-state index >= 15 is 0 Å². The van der Waals surface area contributed by atoms with Gasteiger partial charge in [0.15, 0.2) is 6.10 Å². The number of phosphoric acid groups is 1. The van der Waals surface area contributed by atoms with Crippen LogP contribution < -0.4 is 4.89 Å². The third-order valence-corrected chi connectivity index (χ3v) is 11.7. The third-order valence-electron chi connectivity index (χ3n) is 10.7. The van der Waals surface area contributed by atoms with Gasteiger partial charge in [0.05, 0.1) is 27.7 Å². The number of phosphoric ester groups is 1. The molecule has 2 atom stereocenters. The Labute approximate surface area is 451 Å². The van der Waals surface area contributed by atoms with Crippen LogP contribution >= 0.6 is 7.82 Å². The molecule has 0 heterocycles. The van der Waals surface area contributed by atoms with Gasteiger partial charge in [0.25, 0.3) is 7.82 Å². The molecule has 0 N–H and O–H groups in total. The van der Waals surface area contributed by atoms with Crippen LogP contribution in [-0.4, -0.2) is 70.0 Å². The zero-order chi connectivity index (χ0) is 54.2. The first-order valence-corrected chi connectivity index (χ1v) is 29.3. The second-order valence-electron chi connectivity index (χ2n) is 18.8. The first kappa shape index (κ1) is 69.4. The Bertz CT molecular complexity index is 1850. The average molecular weight is 1040 g/mol. The summed E-state index contributed by atoms with van der Waals surface area (Å²) in [6, 6.07) is 0. The molecule has 0 rings (SSSR count). The molecule has 0 aliphatic rings. The van der Waals surface area contributed by atoms with Crippen LogP contribution in [0.5, 0.6) is 0 Å². The van der Waals surface area contributed by atoms with Crippen LogP contribution in [0.4, 0.5) is 0 Å². The largest absolute Gasteiger partial charge is 0.756 e. The maximum Gasteiger partial charge on any atom is 0.306 e. The van der Waals surface area contributed by atoms with Crippen molar-refractivity contribution in [2.24, 2.45) is 0 Å². The molecule has 2 unspecified atom stereocenters. The van der Waals surface area contributed by atoms with E-state index in [4.69, 9.17) is 18.5 Å². The fourth-order valence-electron chi connectivity index (χ4n) is 6.50. The highest BCUT2D eigenvalue weighted by molar-refractivity contribution is 7.45. The maximum atomic E-state index is 12.8. The highest BCUT2D eigenvalue weighted by Gasteiger charge is 2.21. The van der Waals surface area contributed by atoms with Crippen LogP contribution in [0.2, 0.25) is 0 Å². The first-order valence-electron chi connectivity index (χ1n) is 27.8. The molecular formula is C64H100NO8P. The summed E-state index contributed by atoms with van der Waals surface area (Å²) < 4.78 is 34.0. The van der Waals surface area contributed by atoms with Crippen molar-refractivity contribution in [3.8, 4) is 0 Å². The van der Waals surface area contributed by atoms with Crippen molar-refractivity contribution in [3.05, 3.63) is 170 Å². The molecule has 9 nitrogen and oxygen atoms in total. The predicted octanol–water partition coefficient (Wildman–Crippen LogP) is 16.8. The summed E-state index contributed by atoms with van der Waals surface area (Å²) in [6.07, 6.45) is 81.2. The van der Waals surface area contributed by atoms with Crippen LogP contribution in [0.3, 0.4) is 0 Å². The molecule has 0 fully saturated rings. The Morgan fingerprint density at radius 2 is 0.730 bits per heavy atom. The Balaban J connectivity index is 4.30. The van der Waals surface area contributed by atoms with Gasteiger partial charge < -0.3 is 27.9 Å².